The topological polar surface area (TPSA) is 95.2 Å². The Hall–Kier alpha value is -2.13. The van der Waals surface area contributed by atoms with Crippen molar-refractivity contribution in [2.45, 2.75) is 0 Å². The summed E-state index contributed by atoms with van der Waals surface area (Å²) in [6.45, 7) is 0.0732. The summed E-state index contributed by atoms with van der Waals surface area (Å²) in [5, 5.41) is 10.4. The predicted molar refractivity (Wildman–Crippen MR) is 53.4 cm³/mol. The molecule has 6 heteroatoms. The van der Waals surface area contributed by atoms with Gasteiger partial charge in [-0.2, -0.15) is 0 Å². The van der Waals surface area contributed by atoms with Crippen LogP contribution in [0.1, 0.15) is 5.56 Å². The van der Waals surface area contributed by atoms with Gasteiger partial charge in [-0.3, -0.25) is 10.1 Å². The first kappa shape index (κ1) is 10.9. The van der Waals surface area contributed by atoms with Crippen molar-refractivity contribution in [2.24, 2.45) is 5.73 Å². The van der Waals surface area contributed by atoms with Gasteiger partial charge in [0.05, 0.1) is 28.8 Å². The van der Waals surface area contributed by atoms with Crippen molar-refractivity contribution in [3.05, 3.63) is 33.6 Å². The highest BCUT2D eigenvalue weighted by molar-refractivity contribution is 5.61. The van der Waals surface area contributed by atoms with E-state index in [-0.39, 0.29) is 23.5 Å². The number of benzene rings is 1. The molecule has 0 aliphatic carbocycles. The smallest absolute Gasteiger partial charge is 0.273 e. The maximum absolute atomic E-state index is 13.1. The zero-order valence-corrected chi connectivity index (χ0v) is 7.66. The number of non-ortho nitro benzene ring substituents is 1. The molecule has 0 saturated heterocycles. The number of nitro benzene ring substituents is 1. The van der Waals surface area contributed by atoms with Crippen LogP contribution in [0.15, 0.2) is 12.1 Å². The van der Waals surface area contributed by atoms with Crippen LogP contribution >= 0.6 is 0 Å². The molecule has 0 atom stereocenters. The van der Waals surface area contributed by atoms with Gasteiger partial charge in [0.25, 0.3) is 5.69 Å². The quantitative estimate of drug-likeness (QED) is 0.307. The van der Waals surface area contributed by atoms with E-state index in [1.807, 2.05) is 0 Å². The molecule has 5 nitrogen and oxygen atoms in total. The summed E-state index contributed by atoms with van der Waals surface area (Å²) in [6.07, 6.45) is 0. The second-order valence-corrected chi connectivity index (χ2v) is 2.65. The number of nitrogens with zero attached hydrogens (tertiary/aromatic N) is 1. The minimum absolute atomic E-state index is 0.0732. The van der Waals surface area contributed by atoms with Crippen molar-refractivity contribution in [2.75, 3.05) is 12.3 Å². The Morgan fingerprint density at radius 2 is 2.20 bits per heavy atom. The molecule has 0 bridgehead atoms. The van der Waals surface area contributed by atoms with Crippen LogP contribution < -0.4 is 11.5 Å². The average molecular weight is 209 g/mol. The van der Waals surface area contributed by atoms with Crippen LogP contribution in [0.2, 0.25) is 0 Å². The van der Waals surface area contributed by atoms with E-state index in [0.29, 0.717) is 0 Å². The molecule has 0 aliphatic heterocycles. The molecule has 0 spiro atoms. The van der Waals surface area contributed by atoms with Crippen molar-refractivity contribution in [3.8, 4) is 11.8 Å². The Bertz CT molecular complexity index is 462. The highest BCUT2D eigenvalue weighted by atomic mass is 19.1. The largest absolute Gasteiger partial charge is 0.395 e. The highest BCUT2D eigenvalue weighted by Gasteiger charge is 2.13. The van der Waals surface area contributed by atoms with E-state index in [2.05, 4.69) is 11.8 Å². The van der Waals surface area contributed by atoms with Gasteiger partial charge in [-0.15, -0.1) is 0 Å². The van der Waals surface area contributed by atoms with Crippen LogP contribution in [0, 0.1) is 27.8 Å². The van der Waals surface area contributed by atoms with Gasteiger partial charge < -0.3 is 11.5 Å². The standard InChI is InChI=1S/C9H8FN3O2/c10-8-5-7(13(14)15)4-6(9(8)12)2-1-3-11/h4-5H,3,11-12H2. The average Bonchev–Trinajstić information content (AvgIpc) is 2.19. The minimum Gasteiger partial charge on any atom is -0.395 e. The van der Waals surface area contributed by atoms with Crippen molar-refractivity contribution < 1.29 is 9.31 Å². The lowest BCUT2D eigenvalue weighted by molar-refractivity contribution is -0.385. The fourth-order valence-corrected chi connectivity index (χ4v) is 0.959. The summed E-state index contributed by atoms with van der Waals surface area (Å²) in [5.41, 5.74) is 9.95. The van der Waals surface area contributed by atoms with Gasteiger partial charge in [0.2, 0.25) is 0 Å². The third kappa shape index (κ3) is 2.42. The molecular formula is C9H8FN3O2. The number of hydrogen-bond acceptors (Lipinski definition) is 4. The van der Waals surface area contributed by atoms with Gasteiger partial charge in [-0.05, 0) is 0 Å². The van der Waals surface area contributed by atoms with E-state index >= 15 is 0 Å². The summed E-state index contributed by atoms with van der Waals surface area (Å²) in [6, 6.07) is 1.87. The van der Waals surface area contributed by atoms with E-state index < -0.39 is 10.7 Å². The Morgan fingerprint density at radius 3 is 2.73 bits per heavy atom. The fourth-order valence-electron chi connectivity index (χ4n) is 0.959. The molecule has 0 radical (unpaired) electrons. The lowest BCUT2D eigenvalue weighted by Crippen LogP contribution is -1.99. The van der Waals surface area contributed by atoms with Gasteiger partial charge >= 0.3 is 0 Å². The number of nitrogen functional groups attached to an aromatic ring is 1. The van der Waals surface area contributed by atoms with E-state index in [0.717, 1.165) is 12.1 Å². The molecule has 0 fully saturated rings. The molecule has 1 aromatic rings. The van der Waals surface area contributed by atoms with E-state index in [1.54, 1.807) is 0 Å². The number of hydrogen-bond donors (Lipinski definition) is 2. The first-order valence-electron chi connectivity index (χ1n) is 3.98. The summed E-state index contributed by atoms with van der Waals surface area (Å²) in [5.74, 6) is 4.06. The van der Waals surface area contributed by atoms with Crippen LogP contribution in [-0.4, -0.2) is 11.5 Å². The van der Waals surface area contributed by atoms with Crippen LogP contribution in [0.5, 0.6) is 0 Å². The van der Waals surface area contributed by atoms with Crippen molar-refractivity contribution in [1.29, 1.82) is 0 Å². The molecule has 1 rings (SSSR count). The SMILES string of the molecule is NCC#Cc1cc([N+](=O)[O-])cc(F)c1N. The molecule has 0 aliphatic rings. The number of nitro groups is 1. The lowest BCUT2D eigenvalue weighted by atomic mass is 10.1. The minimum atomic E-state index is -0.856. The van der Waals surface area contributed by atoms with E-state index in [4.69, 9.17) is 11.5 Å². The third-order valence-electron chi connectivity index (χ3n) is 1.65. The molecule has 0 heterocycles. The second-order valence-electron chi connectivity index (χ2n) is 2.65. The van der Waals surface area contributed by atoms with Gasteiger partial charge in [-0.1, -0.05) is 11.8 Å². The molecular weight excluding hydrogens is 201 g/mol. The van der Waals surface area contributed by atoms with E-state index in [1.165, 1.54) is 0 Å². The summed E-state index contributed by atoms with van der Waals surface area (Å²) < 4.78 is 13.1. The van der Waals surface area contributed by atoms with Crippen molar-refractivity contribution in [3.63, 3.8) is 0 Å². The van der Waals surface area contributed by atoms with Crippen LogP contribution in [0.25, 0.3) is 0 Å². The van der Waals surface area contributed by atoms with E-state index in [9.17, 15) is 14.5 Å². The van der Waals surface area contributed by atoms with Crippen LogP contribution in [-0.2, 0) is 0 Å². The summed E-state index contributed by atoms with van der Waals surface area (Å²) in [4.78, 5) is 9.70. The number of nitrogens with two attached hydrogens (primary N) is 2. The first-order chi connectivity index (χ1) is 7.06. The second kappa shape index (κ2) is 4.39. The van der Waals surface area contributed by atoms with Crippen molar-refractivity contribution >= 4 is 11.4 Å². The Kier molecular flexibility index (Phi) is 3.21. The van der Waals surface area contributed by atoms with Gasteiger partial charge in [0.15, 0.2) is 5.82 Å². The zero-order valence-electron chi connectivity index (χ0n) is 7.66. The molecule has 0 amide bonds. The maximum atomic E-state index is 13.1. The first-order valence-corrected chi connectivity index (χ1v) is 3.98. The maximum Gasteiger partial charge on any atom is 0.273 e. The van der Waals surface area contributed by atoms with Crippen molar-refractivity contribution in [1.82, 2.24) is 0 Å². The Morgan fingerprint density at radius 1 is 1.53 bits per heavy atom. The fraction of sp³-hybridized carbons (Fsp3) is 0.111. The molecule has 0 unspecified atom stereocenters. The van der Waals surface area contributed by atoms with Gasteiger partial charge in [-0.25, -0.2) is 4.39 Å². The molecule has 0 aromatic heterocycles. The predicted octanol–water partition coefficient (Wildman–Crippen LogP) is 0.626. The Labute approximate surface area is 85.0 Å². The molecule has 4 N–H and O–H groups in total. The zero-order chi connectivity index (χ0) is 11.4. The lowest BCUT2D eigenvalue weighted by Gasteiger charge is -1.99. The molecule has 0 saturated carbocycles. The molecule has 78 valence electrons. The highest BCUT2D eigenvalue weighted by Crippen LogP contribution is 2.22. The Balaban J connectivity index is 3.31. The van der Waals surface area contributed by atoms with Gasteiger partial charge in [0.1, 0.15) is 0 Å². The molecule has 15 heavy (non-hydrogen) atoms. The van der Waals surface area contributed by atoms with Gasteiger partial charge in [0, 0.05) is 6.07 Å². The summed E-state index contributed by atoms with van der Waals surface area (Å²) in [7, 11) is 0. The van der Waals surface area contributed by atoms with Crippen LogP contribution in [0.4, 0.5) is 15.8 Å². The summed E-state index contributed by atoms with van der Waals surface area (Å²) >= 11 is 0. The normalized spacial score (nSPS) is 9.20. The number of rotatable bonds is 1. The number of halogens is 1. The number of anilines is 1. The third-order valence-corrected chi connectivity index (χ3v) is 1.65. The van der Waals surface area contributed by atoms with Crippen LogP contribution in [0.3, 0.4) is 0 Å². The monoisotopic (exact) mass is 209 g/mol. The molecule has 1 aromatic carbocycles.